The number of carbonyl (C=O) groups excluding carboxylic acids is 1. The quantitative estimate of drug-likeness (QED) is 0.325. The van der Waals surface area contributed by atoms with Crippen molar-refractivity contribution in [3.05, 3.63) is 101 Å². The Hall–Kier alpha value is -3.45. The summed E-state index contributed by atoms with van der Waals surface area (Å²) in [5.41, 5.74) is 3.55. The van der Waals surface area contributed by atoms with Crippen molar-refractivity contribution in [1.82, 2.24) is 4.83 Å². The summed E-state index contributed by atoms with van der Waals surface area (Å²) < 4.78 is 31.4. The van der Waals surface area contributed by atoms with E-state index in [1.54, 1.807) is 36.4 Å². The molecule has 3 aromatic rings. The van der Waals surface area contributed by atoms with E-state index in [9.17, 15) is 13.2 Å². The van der Waals surface area contributed by atoms with Crippen LogP contribution < -0.4 is 4.83 Å². The number of esters is 1. The molecule has 3 aromatic carbocycles. The molecule has 0 fully saturated rings. The maximum absolute atomic E-state index is 12.9. The Morgan fingerprint density at radius 2 is 1.66 bits per heavy atom. The van der Waals surface area contributed by atoms with Crippen LogP contribution in [0.25, 0.3) is 0 Å². The maximum atomic E-state index is 12.9. The Kier molecular flexibility index (Phi) is 6.10. The normalized spacial score (nSPS) is 16.9. The molecule has 0 aliphatic carbocycles. The van der Waals surface area contributed by atoms with E-state index in [4.69, 9.17) is 4.74 Å². The molecule has 0 saturated heterocycles. The van der Waals surface area contributed by atoms with E-state index in [1.807, 2.05) is 56.3 Å². The van der Waals surface area contributed by atoms with Crippen LogP contribution >= 0.6 is 0 Å². The number of benzene rings is 3. The lowest BCUT2D eigenvalue weighted by atomic mass is 9.85. The molecule has 0 spiro atoms. The average Bonchev–Trinajstić information content (AvgIpc) is 3.14. The second-order valence-electron chi connectivity index (χ2n) is 7.70. The molecule has 1 N–H and O–H groups in total. The van der Waals surface area contributed by atoms with E-state index in [1.165, 1.54) is 0 Å². The van der Waals surface area contributed by atoms with Gasteiger partial charge in [0, 0.05) is 11.5 Å². The van der Waals surface area contributed by atoms with Crippen molar-refractivity contribution in [2.45, 2.75) is 31.3 Å². The molecule has 4 rings (SSSR count). The Morgan fingerprint density at radius 1 is 1.00 bits per heavy atom. The van der Waals surface area contributed by atoms with Crippen molar-refractivity contribution in [2.24, 2.45) is 11.0 Å². The third kappa shape index (κ3) is 4.29. The van der Waals surface area contributed by atoms with Crippen molar-refractivity contribution in [1.29, 1.82) is 0 Å². The first-order chi connectivity index (χ1) is 15.4. The van der Waals surface area contributed by atoms with Crippen molar-refractivity contribution >= 4 is 21.7 Å². The standard InChI is InChI=1S/C25H24N2O4S/c1-3-20(24-21-11-7-8-12-22(21)25(28)31-24)23(18-9-5-4-6-10-18)26-27-32(29,30)19-15-13-17(2)14-16-19/h4-16,20,24,27H,3H2,1-2H3/b26-23+/t20-,24-/m0/s1. The van der Waals surface area contributed by atoms with E-state index in [-0.39, 0.29) is 16.8 Å². The lowest BCUT2D eigenvalue weighted by Crippen LogP contribution is -2.28. The van der Waals surface area contributed by atoms with Gasteiger partial charge in [0.2, 0.25) is 0 Å². The summed E-state index contributed by atoms with van der Waals surface area (Å²) in [6.07, 6.45) is 0.0400. The van der Waals surface area contributed by atoms with E-state index in [2.05, 4.69) is 9.93 Å². The molecule has 1 aliphatic heterocycles. The molecular formula is C25H24N2O4S. The predicted octanol–water partition coefficient (Wildman–Crippen LogP) is 4.62. The number of sulfonamides is 1. The van der Waals surface area contributed by atoms with Crippen LogP contribution in [0.1, 0.15) is 46.5 Å². The molecule has 0 amide bonds. The smallest absolute Gasteiger partial charge is 0.339 e. The minimum Gasteiger partial charge on any atom is -0.453 e. The minimum atomic E-state index is -3.86. The van der Waals surface area contributed by atoms with E-state index in [0.29, 0.717) is 17.7 Å². The number of ether oxygens (including phenoxy) is 1. The summed E-state index contributed by atoms with van der Waals surface area (Å²) in [5, 5.41) is 4.37. The first-order valence-electron chi connectivity index (χ1n) is 10.4. The number of aryl methyl sites for hydroxylation is 1. The Bertz CT molecular complexity index is 1250. The number of hydrogen-bond donors (Lipinski definition) is 1. The molecule has 0 saturated carbocycles. The van der Waals surface area contributed by atoms with Crippen molar-refractivity contribution < 1.29 is 17.9 Å². The fraction of sp³-hybridized carbons (Fsp3) is 0.200. The Labute approximate surface area is 188 Å². The number of hydrogen-bond acceptors (Lipinski definition) is 5. The molecular weight excluding hydrogens is 424 g/mol. The van der Waals surface area contributed by atoms with Crippen LogP contribution in [0.2, 0.25) is 0 Å². The summed E-state index contributed by atoms with van der Waals surface area (Å²) in [4.78, 5) is 14.9. The second-order valence-corrected chi connectivity index (χ2v) is 9.36. The molecule has 164 valence electrons. The number of hydrazone groups is 1. The highest BCUT2D eigenvalue weighted by Crippen LogP contribution is 2.39. The first kappa shape index (κ1) is 21.8. The van der Waals surface area contributed by atoms with Gasteiger partial charge in [0.1, 0.15) is 6.10 Å². The largest absolute Gasteiger partial charge is 0.453 e. The highest BCUT2D eigenvalue weighted by atomic mass is 32.2. The van der Waals surface area contributed by atoms with Crippen molar-refractivity contribution in [2.75, 3.05) is 0 Å². The monoisotopic (exact) mass is 448 g/mol. The van der Waals surface area contributed by atoms with Gasteiger partial charge in [-0.05, 0) is 37.1 Å². The number of rotatable bonds is 7. The van der Waals surface area contributed by atoms with E-state index in [0.717, 1.165) is 16.7 Å². The zero-order chi connectivity index (χ0) is 22.7. The van der Waals surface area contributed by atoms with Gasteiger partial charge < -0.3 is 4.74 Å². The molecule has 32 heavy (non-hydrogen) atoms. The molecule has 0 unspecified atom stereocenters. The van der Waals surface area contributed by atoms with Gasteiger partial charge in [-0.1, -0.05) is 73.2 Å². The number of nitrogens with zero attached hydrogens (tertiary/aromatic N) is 1. The highest BCUT2D eigenvalue weighted by Gasteiger charge is 2.38. The summed E-state index contributed by atoms with van der Waals surface area (Å²) in [5.74, 6) is -0.720. The van der Waals surface area contributed by atoms with Gasteiger partial charge >= 0.3 is 5.97 Å². The van der Waals surface area contributed by atoms with Gasteiger partial charge in [0.25, 0.3) is 10.0 Å². The van der Waals surface area contributed by atoms with Gasteiger partial charge in [-0.3, -0.25) is 0 Å². The summed E-state index contributed by atoms with van der Waals surface area (Å²) in [6.45, 7) is 3.86. The van der Waals surface area contributed by atoms with E-state index < -0.39 is 16.1 Å². The summed E-state index contributed by atoms with van der Waals surface area (Å²) in [7, 11) is -3.86. The zero-order valence-electron chi connectivity index (χ0n) is 17.9. The summed E-state index contributed by atoms with van der Waals surface area (Å²) in [6, 6.07) is 23.2. The van der Waals surface area contributed by atoms with Crippen LogP contribution in [0, 0.1) is 12.8 Å². The Morgan fingerprint density at radius 3 is 2.34 bits per heavy atom. The number of carbonyl (C=O) groups is 1. The maximum Gasteiger partial charge on any atom is 0.339 e. The third-order valence-corrected chi connectivity index (χ3v) is 6.79. The van der Waals surface area contributed by atoms with Gasteiger partial charge in [0.15, 0.2) is 0 Å². The lowest BCUT2D eigenvalue weighted by molar-refractivity contribution is 0.0308. The van der Waals surface area contributed by atoms with Crippen molar-refractivity contribution in [3.8, 4) is 0 Å². The fourth-order valence-corrected chi connectivity index (χ4v) is 4.69. The molecule has 0 aromatic heterocycles. The highest BCUT2D eigenvalue weighted by molar-refractivity contribution is 7.89. The Balaban J connectivity index is 1.74. The predicted molar refractivity (Wildman–Crippen MR) is 123 cm³/mol. The molecule has 2 atom stereocenters. The van der Waals surface area contributed by atoms with Crippen LogP contribution in [0.3, 0.4) is 0 Å². The van der Waals surface area contributed by atoms with Crippen LogP contribution in [0.15, 0.2) is 88.9 Å². The van der Waals surface area contributed by atoms with Gasteiger partial charge in [-0.25, -0.2) is 4.79 Å². The second kappa shape index (κ2) is 8.96. The summed E-state index contributed by atoms with van der Waals surface area (Å²) >= 11 is 0. The lowest BCUT2D eigenvalue weighted by Gasteiger charge is -2.24. The molecule has 6 nitrogen and oxygen atoms in total. The fourth-order valence-electron chi connectivity index (χ4n) is 3.87. The van der Waals surface area contributed by atoms with Gasteiger partial charge in [-0.2, -0.15) is 18.4 Å². The third-order valence-electron chi connectivity index (χ3n) is 5.56. The number of fused-ring (bicyclic) bond motifs is 1. The van der Waals surface area contributed by atoms with E-state index >= 15 is 0 Å². The van der Waals surface area contributed by atoms with Crippen LogP contribution in [-0.2, 0) is 14.8 Å². The van der Waals surface area contributed by atoms with Crippen molar-refractivity contribution in [3.63, 3.8) is 0 Å². The molecule has 1 heterocycles. The molecule has 0 radical (unpaired) electrons. The zero-order valence-corrected chi connectivity index (χ0v) is 18.7. The molecule has 0 bridgehead atoms. The topological polar surface area (TPSA) is 84.8 Å². The van der Waals surface area contributed by atoms with Gasteiger partial charge in [-0.15, -0.1) is 0 Å². The number of cyclic esters (lactones) is 1. The first-order valence-corrected chi connectivity index (χ1v) is 11.9. The minimum absolute atomic E-state index is 0.130. The molecule has 7 heteroatoms. The number of nitrogens with one attached hydrogen (secondary N) is 1. The average molecular weight is 449 g/mol. The van der Waals surface area contributed by atoms with Crippen LogP contribution in [0.4, 0.5) is 0 Å². The molecule has 1 aliphatic rings. The van der Waals surface area contributed by atoms with Gasteiger partial charge in [0.05, 0.1) is 16.2 Å². The van der Waals surface area contributed by atoms with Crippen LogP contribution in [-0.4, -0.2) is 20.1 Å². The SMILES string of the molecule is CC[C@@H](/C(=N/NS(=O)(=O)c1ccc(C)cc1)c1ccccc1)[C@@H]1OC(=O)c2ccccc21. The van der Waals surface area contributed by atoms with Crippen LogP contribution in [0.5, 0.6) is 0 Å².